The van der Waals surface area contributed by atoms with Gasteiger partial charge in [0.2, 0.25) is 0 Å². The van der Waals surface area contributed by atoms with E-state index in [-0.39, 0.29) is 17.3 Å². The van der Waals surface area contributed by atoms with Gasteiger partial charge in [-0.05, 0) is 29.6 Å². The van der Waals surface area contributed by atoms with E-state index in [1.54, 1.807) is 48.5 Å². The molecule has 1 aromatic heterocycles. The van der Waals surface area contributed by atoms with Crippen LogP contribution in [-0.2, 0) is 0 Å². The third kappa shape index (κ3) is 3.54. The summed E-state index contributed by atoms with van der Waals surface area (Å²) < 4.78 is 11.2. The highest BCUT2D eigenvalue weighted by Gasteiger charge is 2.23. The standard InChI is InChI=1S/C20H14ClNO4S/c21-14-5-2-1-4-12(14)19(23)13-10-16-17(26-8-7-25-16)11-15(13)22-20(24)18-6-3-9-27-18/h1-6,9-11H,7-8H2,(H,22,24). The Morgan fingerprint density at radius 3 is 2.41 bits per heavy atom. The average molecular weight is 400 g/mol. The number of rotatable bonds is 4. The van der Waals surface area contributed by atoms with Crippen molar-refractivity contribution >= 4 is 40.3 Å². The van der Waals surface area contributed by atoms with Crippen molar-refractivity contribution < 1.29 is 19.1 Å². The van der Waals surface area contributed by atoms with Crippen molar-refractivity contribution in [3.63, 3.8) is 0 Å². The maximum absolute atomic E-state index is 13.1. The molecule has 7 heteroatoms. The average Bonchev–Trinajstić information content (AvgIpc) is 3.22. The number of carbonyl (C=O) groups is 2. The van der Waals surface area contributed by atoms with Crippen LogP contribution in [0.5, 0.6) is 11.5 Å². The fraction of sp³-hybridized carbons (Fsp3) is 0.100. The third-order valence-electron chi connectivity index (χ3n) is 4.04. The Balaban J connectivity index is 1.77. The van der Waals surface area contributed by atoms with E-state index < -0.39 is 0 Å². The molecule has 27 heavy (non-hydrogen) atoms. The van der Waals surface area contributed by atoms with Crippen LogP contribution in [0.3, 0.4) is 0 Å². The highest BCUT2D eigenvalue weighted by Crippen LogP contribution is 2.37. The first kappa shape index (κ1) is 17.6. The van der Waals surface area contributed by atoms with E-state index in [0.717, 1.165) is 0 Å². The number of hydrogen-bond acceptors (Lipinski definition) is 5. The molecule has 1 amide bonds. The van der Waals surface area contributed by atoms with Crippen LogP contribution >= 0.6 is 22.9 Å². The third-order valence-corrected chi connectivity index (χ3v) is 5.24. The summed E-state index contributed by atoms with van der Waals surface area (Å²) in [6.45, 7) is 0.802. The van der Waals surface area contributed by atoms with Gasteiger partial charge in [0.05, 0.1) is 21.2 Å². The van der Waals surface area contributed by atoms with Gasteiger partial charge < -0.3 is 14.8 Å². The highest BCUT2D eigenvalue weighted by atomic mass is 35.5. The molecule has 2 aromatic carbocycles. The van der Waals surface area contributed by atoms with E-state index in [9.17, 15) is 9.59 Å². The lowest BCUT2D eigenvalue weighted by molar-refractivity contribution is 0.103. The number of fused-ring (bicyclic) bond motifs is 1. The number of hydrogen-bond donors (Lipinski definition) is 1. The lowest BCUT2D eigenvalue weighted by Gasteiger charge is -2.21. The van der Waals surface area contributed by atoms with Crippen molar-refractivity contribution in [1.82, 2.24) is 0 Å². The molecule has 0 fully saturated rings. The molecule has 0 radical (unpaired) electrons. The van der Waals surface area contributed by atoms with E-state index in [1.165, 1.54) is 11.3 Å². The summed E-state index contributed by atoms with van der Waals surface area (Å²) in [7, 11) is 0. The van der Waals surface area contributed by atoms with Crippen LogP contribution in [0.15, 0.2) is 53.9 Å². The molecule has 0 bridgehead atoms. The van der Waals surface area contributed by atoms with E-state index >= 15 is 0 Å². The van der Waals surface area contributed by atoms with Crippen molar-refractivity contribution in [2.75, 3.05) is 18.5 Å². The van der Waals surface area contributed by atoms with Gasteiger partial charge in [0.25, 0.3) is 5.91 Å². The first-order chi connectivity index (χ1) is 13.1. The maximum Gasteiger partial charge on any atom is 0.265 e. The minimum Gasteiger partial charge on any atom is -0.486 e. The molecular formula is C20H14ClNO4S. The molecule has 1 aliphatic rings. The van der Waals surface area contributed by atoms with Crippen LogP contribution in [0.25, 0.3) is 0 Å². The topological polar surface area (TPSA) is 64.6 Å². The van der Waals surface area contributed by atoms with Gasteiger partial charge in [-0.1, -0.05) is 29.8 Å². The molecule has 0 unspecified atom stereocenters. The SMILES string of the molecule is O=C(Nc1cc2c(cc1C(=O)c1ccccc1Cl)OCCO2)c1cccs1. The lowest BCUT2D eigenvalue weighted by Crippen LogP contribution is -2.19. The molecule has 0 spiro atoms. The van der Waals surface area contributed by atoms with Gasteiger partial charge in [0.15, 0.2) is 17.3 Å². The molecule has 4 rings (SSSR count). The second-order valence-corrected chi connectivity index (χ2v) is 7.14. The first-order valence-corrected chi connectivity index (χ1v) is 9.47. The van der Waals surface area contributed by atoms with Crippen LogP contribution in [0, 0.1) is 0 Å². The highest BCUT2D eigenvalue weighted by molar-refractivity contribution is 7.12. The van der Waals surface area contributed by atoms with Crippen molar-refractivity contribution in [1.29, 1.82) is 0 Å². The number of amides is 1. The normalized spacial score (nSPS) is 12.5. The Bertz CT molecular complexity index is 1020. The van der Waals surface area contributed by atoms with Gasteiger partial charge in [-0.15, -0.1) is 11.3 Å². The smallest absolute Gasteiger partial charge is 0.265 e. The monoisotopic (exact) mass is 399 g/mol. The van der Waals surface area contributed by atoms with Crippen molar-refractivity contribution in [2.24, 2.45) is 0 Å². The fourth-order valence-corrected chi connectivity index (χ4v) is 3.60. The van der Waals surface area contributed by atoms with Crippen molar-refractivity contribution in [2.45, 2.75) is 0 Å². The molecule has 2 heterocycles. The van der Waals surface area contributed by atoms with Gasteiger partial charge in [0, 0.05) is 11.6 Å². The number of thiophene rings is 1. The molecule has 0 saturated carbocycles. The molecule has 0 aliphatic carbocycles. The van der Waals surface area contributed by atoms with E-state index in [0.29, 0.717) is 45.9 Å². The van der Waals surface area contributed by atoms with Gasteiger partial charge in [-0.25, -0.2) is 0 Å². The number of halogens is 1. The molecular weight excluding hydrogens is 386 g/mol. The Labute approximate surface area is 164 Å². The summed E-state index contributed by atoms with van der Waals surface area (Å²) in [5.74, 6) is 0.346. The van der Waals surface area contributed by atoms with Crippen LogP contribution in [0.2, 0.25) is 5.02 Å². The Morgan fingerprint density at radius 2 is 1.70 bits per heavy atom. The summed E-state index contributed by atoms with van der Waals surface area (Å²) in [6.07, 6.45) is 0. The molecule has 1 aliphatic heterocycles. The summed E-state index contributed by atoms with van der Waals surface area (Å²) >= 11 is 7.51. The fourth-order valence-electron chi connectivity index (χ4n) is 2.76. The Hall–Kier alpha value is -2.83. The number of carbonyl (C=O) groups excluding carboxylic acids is 2. The quantitative estimate of drug-likeness (QED) is 0.648. The van der Waals surface area contributed by atoms with Crippen LogP contribution in [-0.4, -0.2) is 24.9 Å². The Kier molecular flexibility index (Phi) is 4.83. The van der Waals surface area contributed by atoms with Gasteiger partial charge in [-0.3, -0.25) is 9.59 Å². The predicted octanol–water partition coefficient (Wildman–Crippen LogP) is 4.66. The minimum absolute atomic E-state index is 0.289. The lowest BCUT2D eigenvalue weighted by atomic mass is 10.0. The predicted molar refractivity (Wildman–Crippen MR) is 105 cm³/mol. The van der Waals surface area contributed by atoms with Gasteiger partial charge >= 0.3 is 0 Å². The maximum atomic E-state index is 13.1. The second-order valence-electron chi connectivity index (χ2n) is 5.78. The summed E-state index contributed by atoms with van der Waals surface area (Å²) in [4.78, 5) is 26.2. The number of ether oxygens (including phenoxy) is 2. The molecule has 0 atom stereocenters. The molecule has 5 nitrogen and oxygen atoms in total. The molecule has 0 saturated heterocycles. The first-order valence-electron chi connectivity index (χ1n) is 8.21. The zero-order chi connectivity index (χ0) is 18.8. The summed E-state index contributed by atoms with van der Waals surface area (Å²) in [6, 6.07) is 13.5. The number of ketones is 1. The van der Waals surface area contributed by atoms with Gasteiger partial charge in [0.1, 0.15) is 13.2 Å². The number of benzene rings is 2. The van der Waals surface area contributed by atoms with Crippen LogP contribution in [0.4, 0.5) is 5.69 Å². The van der Waals surface area contributed by atoms with Crippen LogP contribution in [0.1, 0.15) is 25.6 Å². The zero-order valence-electron chi connectivity index (χ0n) is 14.0. The Morgan fingerprint density at radius 1 is 0.963 bits per heavy atom. The molecule has 3 aromatic rings. The van der Waals surface area contributed by atoms with Gasteiger partial charge in [-0.2, -0.15) is 0 Å². The number of anilines is 1. The van der Waals surface area contributed by atoms with Crippen molar-refractivity contribution in [3.05, 3.63) is 74.9 Å². The van der Waals surface area contributed by atoms with Crippen molar-refractivity contribution in [3.8, 4) is 11.5 Å². The summed E-state index contributed by atoms with van der Waals surface area (Å²) in [5.41, 5.74) is 0.988. The van der Waals surface area contributed by atoms with Crippen LogP contribution < -0.4 is 14.8 Å². The largest absolute Gasteiger partial charge is 0.486 e. The van der Waals surface area contributed by atoms with E-state index in [1.807, 2.05) is 5.38 Å². The van der Waals surface area contributed by atoms with E-state index in [4.69, 9.17) is 21.1 Å². The second kappa shape index (κ2) is 7.42. The van der Waals surface area contributed by atoms with E-state index in [2.05, 4.69) is 5.32 Å². The molecule has 1 N–H and O–H groups in total. The minimum atomic E-state index is -0.306. The summed E-state index contributed by atoms with van der Waals surface area (Å²) in [5, 5.41) is 4.96. The number of nitrogens with one attached hydrogen (secondary N) is 1. The zero-order valence-corrected chi connectivity index (χ0v) is 15.6. The molecule has 136 valence electrons.